The second kappa shape index (κ2) is 11.4. The molecule has 4 aromatic rings. The van der Waals surface area contributed by atoms with Crippen molar-refractivity contribution in [3.8, 4) is 33.6 Å². The van der Waals surface area contributed by atoms with E-state index >= 15 is 0 Å². The first-order chi connectivity index (χ1) is 22.5. The number of rotatable bonds is 11. The van der Waals surface area contributed by atoms with Crippen LogP contribution >= 0.6 is 0 Å². The summed E-state index contributed by atoms with van der Waals surface area (Å²) in [6, 6.07) is 17.5. The van der Waals surface area contributed by atoms with E-state index in [0.29, 0.717) is 10.8 Å². The average molecular weight is 617 g/mol. The van der Waals surface area contributed by atoms with Crippen LogP contribution in [0.5, 0.6) is 0 Å². The minimum Gasteiger partial charge on any atom is -0.341 e. The van der Waals surface area contributed by atoms with Gasteiger partial charge < -0.3 is 19.6 Å². The Bertz CT molecular complexity index is 1590. The fourth-order valence-electron chi connectivity index (χ4n) is 8.27. The van der Waals surface area contributed by atoms with Crippen molar-refractivity contribution >= 4 is 12.6 Å². The van der Waals surface area contributed by atoms with Crippen LogP contribution in [0.15, 0.2) is 60.9 Å². The van der Waals surface area contributed by atoms with Gasteiger partial charge in [0, 0.05) is 13.1 Å². The highest BCUT2D eigenvalue weighted by molar-refractivity contribution is 5.71. The molecule has 4 atom stereocenters. The Kier molecular flexibility index (Phi) is 7.33. The number of carbonyl (C=O) groups excluding carboxylic acids is 2. The Balaban J connectivity index is 0.960. The number of aromatic nitrogens is 4. The maximum absolute atomic E-state index is 11.8. The zero-order valence-corrected chi connectivity index (χ0v) is 26.9. The zero-order valence-electron chi connectivity index (χ0n) is 26.9. The highest BCUT2D eigenvalue weighted by Gasteiger charge is 2.55. The standard InChI is InChI=1S/C38H44N6O2/c1-3-29(21-45)43-23-37(13-14-37)17-33(43)35-39-19-31(41-35)27-9-5-25(6-10-27)26-7-11-28(12-8-26)32-20-40-36(42-32)34-18-38(15-16-38)24-44(34)30(4-2)22-46/h5-12,19-22,29-30,33-34H,3-4,13-18,23-24H2,1-2H3,(H,39,41)(H,40,42)/t29-,30-,33-,34-/m0/s1. The first-order valence-corrected chi connectivity index (χ1v) is 17.2. The molecular weight excluding hydrogens is 572 g/mol. The van der Waals surface area contributed by atoms with Crippen LogP contribution in [0.4, 0.5) is 0 Å². The first-order valence-electron chi connectivity index (χ1n) is 17.2. The van der Waals surface area contributed by atoms with Crippen molar-refractivity contribution in [2.45, 2.75) is 89.4 Å². The van der Waals surface area contributed by atoms with Gasteiger partial charge in [0.05, 0.1) is 47.9 Å². The second-order valence-corrected chi connectivity index (χ2v) is 14.5. The lowest BCUT2D eigenvalue weighted by atomic mass is 10.0. The number of H-pyrrole nitrogens is 2. The van der Waals surface area contributed by atoms with E-state index in [1.807, 2.05) is 12.4 Å². The van der Waals surface area contributed by atoms with Gasteiger partial charge in [-0.25, -0.2) is 9.97 Å². The number of nitrogens with zero attached hydrogens (tertiary/aromatic N) is 4. The van der Waals surface area contributed by atoms with Crippen molar-refractivity contribution in [1.29, 1.82) is 0 Å². The van der Waals surface area contributed by atoms with E-state index in [0.717, 1.165) is 96.6 Å². The number of hydrogen-bond donors (Lipinski definition) is 2. The maximum atomic E-state index is 11.8. The fraction of sp³-hybridized carbons (Fsp3) is 0.474. The van der Waals surface area contributed by atoms with Gasteiger partial charge in [0.1, 0.15) is 24.2 Å². The van der Waals surface area contributed by atoms with Gasteiger partial charge in [0.15, 0.2) is 0 Å². The molecule has 238 valence electrons. The Morgan fingerprint density at radius 1 is 0.674 bits per heavy atom. The van der Waals surface area contributed by atoms with Crippen LogP contribution in [0.2, 0.25) is 0 Å². The number of aromatic amines is 2. The number of carbonyl (C=O) groups is 2. The monoisotopic (exact) mass is 616 g/mol. The quantitative estimate of drug-likeness (QED) is 0.174. The summed E-state index contributed by atoms with van der Waals surface area (Å²) in [5, 5.41) is 0. The Labute approximate surface area is 271 Å². The summed E-state index contributed by atoms with van der Waals surface area (Å²) in [6.45, 7) is 6.19. The Morgan fingerprint density at radius 3 is 1.37 bits per heavy atom. The van der Waals surface area contributed by atoms with Gasteiger partial charge in [-0.3, -0.25) is 9.80 Å². The van der Waals surface area contributed by atoms with Crippen molar-refractivity contribution in [2.75, 3.05) is 13.1 Å². The fourth-order valence-corrected chi connectivity index (χ4v) is 8.27. The maximum Gasteiger partial charge on any atom is 0.137 e. The molecule has 2 spiro atoms. The predicted molar refractivity (Wildman–Crippen MR) is 179 cm³/mol. The zero-order chi connectivity index (χ0) is 31.5. The molecule has 8 heteroatoms. The van der Waals surface area contributed by atoms with Gasteiger partial charge in [-0.15, -0.1) is 0 Å². The molecule has 8 nitrogen and oxygen atoms in total. The molecule has 4 heterocycles. The van der Waals surface area contributed by atoms with E-state index in [1.54, 1.807) is 0 Å². The van der Waals surface area contributed by atoms with Gasteiger partial charge in [-0.1, -0.05) is 62.4 Å². The number of imidazole rings is 2. The van der Waals surface area contributed by atoms with Gasteiger partial charge in [0.2, 0.25) is 0 Å². The van der Waals surface area contributed by atoms with Crippen molar-refractivity contribution in [2.24, 2.45) is 10.8 Å². The SMILES string of the molecule is CC[C@@H](C=O)N1CC2(CC2)C[C@H]1c1ncc(-c2ccc(-c3ccc(-c4cnc([C@@H]5CC6(CC6)CN5[C@H](C=O)CC)[nH]4)cc3)cc2)[nH]1. The van der Waals surface area contributed by atoms with Crippen LogP contribution in [-0.2, 0) is 9.59 Å². The summed E-state index contributed by atoms with van der Waals surface area (Å²) in [7, 11) is 0. The van der Waals surface area contributed by atoms with Crippen LogP contribution in [0.25, 0.3) is 33.6 Å². The minimum absolute atomic E-state index is 0.0472. The molecule has 2 saturated heterocycles. The van der Waals surface area contributed by atoms with Crippen LogP contribution in [0.1, 0.15) is 88.9 Å². The smallest absolute Gasteiger partial charge is 0.137 e. The van der Waals surface area contributed by atoms with Gasteiger partial charge in [0.25, 0.3) is 0 Å². The number of benzene rings is 2. The molecule has 0 radical (unpaired) electrons. The summed E-state index contributed by atoms with van der Waals surface area (Å²) in [5.74, 6) is 1.95. The summed E-state index contributed by atoms with van der Waals surface area (Å²) < 4.78 is 0. The van der Waals surface area contributed by atoms with Gasteiger partial charge in [-0.2, -0.15) is 0 Å². The lowest BCUT2D eigenvalue weighted by Crippen LogP contribution is -2.36. The molecule has 0 bridgehead atoms. The van der Waals surface area contributed by atoms with E-state index in [4.69, 9.17) is 9.97 Å². The van der Waals surface area contributed by atoms with Crippen molar-refractivity contribution in [3.05, 3.63) is 72.6 Å². The Hall–Kier alpha value is -3.88. The molecule has 4 aliphatic rings. The molecule has 2 aromatic heterocycles. The van der Waals surface area contributed by atoms with Crippen LogP contribution in [0, 0.1) is 10.8 Å². The number of aldehydes is 2. The van der Waals surface area contributed by atoms with E-state index < -0.39 is 0 Å². The third-order valence-corrected chi connectivity index (χ3v) is 11.6. The molecule has 0 unspecified atom stereocenters. The molecule has 46 heavy (non-hydrogen) atoms. The summed E-state index contributed by atoms with van der Waals surface area (Å²) in [5.41, 5.74) is 7.31. The predicted octanol–water partition coefficient (Wildman–Crippen LogP) is 7.14. The summed E-state index contributed by atoms with van der Waals surface area (Å²) in [4.78, 5) is 45.2. The number of hydrogen-bond acceptors (Lipinski definition) is 6. The normalized spacial score (nSPS) is 24.4. The third-order valence-electron chi connectivity index (χ3n) is 11.6. The van der Waals surface area contributed by atoms with Crippen LogP contribution < -0.4 is 0 Å². The number of nitrogens with one attached hydrogen (secondary N) is 2. The molecular formula is C38H44N6O2. The molecule has 2 N–H and O–H groups in total. The molecule has 2 aliphatic carbocycles. The first kappa shape index (κ1) is 29.5. The highest BCUT2D eigenvalue weighted by atomic mass is 16.1. The molecule has 2 aliphatic heterocycles. The van der Waals surface area contributed by atoms with E-state index in [-0.39, 0.29) is 24.2 Å². The molecule has 2 aromatic carbocycles. The highest BCUT2D eigenvalue weighted by Crippen LogP contribution is 2.59. The van der Waals surface area contributed by atoms with E-state index in [9.17, 15) is 9.59 Å². The van der Waals surface area contributed by atoms with E-state index in [2.05, 4.69) is 82.1 Å². The lowest BCUT2D eigenvalue weighted by molar-refractivity contribution is -0.113. The van der Waals surface area contributed by atoms with Crippen molar-refractivity contribution < 1.29 is 9.59 Å². The third kappa shape index (κ3) is 5.25. The van der Waals surface area contributed by atoms with Crippen molar-refractivity contribution in [3.63, 3.8) is 0 Å². The molecule has 4 fully saturated rings. The van der Waals surface area contributed by atoms with Gasteiger partial charge in [-0.05, 0) is 84.5 Å². The molecule has 8 rings (SSSR count). The summed E-state index contributed by atoms with van der Waals surface area (Å²) in [6.07, 6.45) is 15.0. The Morgan fingerprint density at radius 2 is 1.04 bits per heavy atom. The molecule has 2 saturated carbocycles. The topological polar surface area (TPSA) is 98.0 Å². The minimum atomic E-state index is -0.0472. The molecule has 0 amide bonds. The largest absolute Gasteiger partial charge is 0.341 e. The van der Waals surface area contributed by atoms with Crippen LogP contribution in [-0.4, -0.2) is 67.5 Å². The summed E-state index contributed by atoms with van der Waals surface area (Å²) >= 11 is 0. The second-order valence-electron chi connectivity index (χ2n) is 14.5. The van der Waals surface area contributed by atoms with Gasteiger partial charge >= 0.3 is 0 Å². The average Bonchev–Trinajstić information content (AvgIpc) is 3.67. The number of likely N-dealkylation sites (tertiary alicyclic amines) is 2. The van der Waals surface area contributed by atoms with Crippen molar-refractivity contribution in [1.82, 2.24) is 29.7 Å². The van der Waals surface area contributed by atoms with Crippen LogP contribution in [0.3, 0.4) is 0 Å². The van der Waals surface area contributed by atoms with E-state index in [1.165, 1.54) is 25.7 Å². The lowest BCUT2D eigenvalue weighted by Gasteiger charge is -2.27.